The Bertz CT molecular complexity index is 677. The second-order valence-electron chi connectivity index (χ2n) is 4.50. The number of thioether (sulfide) groups is 1. The van der Waals surface area contributed by atoms with Crippen LogP contribution in [0.4, 0.5) is 11.4 Å². The summed E-state index contributed by atoms with van der Waals surface area (Å²) in [6.07, 6.45) is 1.60. The van der Waals surface area contributed by atoms with Crippen molar-refractivity contribution in [3.8, 4) is 0 Å². The number of hydrogen-bond acceptors (Lipinski definition) is 4. The van der Waals surface area contributed by atoms with Crippen LogP contribution < -0.4 is 4.90 Å². The van der Waals surface area contributed by atoms with Gasteiger partial charge in [-0.05, 0) is 24.3 Å². The van der Waals surface area contributed by atoms with Gasteiger partial charge in [-0.3, -0.25) is 9.69 Å². The first kappa shape index (κ1) is 14.3. The average molecular weight is 310 g/mol. The Balaban J connectivity index is 1.83. The van der Waals surface area contributed by atoms with Gasteiger partial charge in [-0.1, -0.05) is 48.2 Å². The molecule has 1 amide bonds. The summed E-state index contributed by atoms with van der Waals surface area (Å²) in [6, 6.07) is 19.2. The van der Waals surface area contributed by atoms with Crippen LogP contribution in [0.25, 0.3) is 0 Å². The molecule has 110 valence electrons. The molecule has 0 radical (unpaired) electrons. The van der Waals surface area contributed by atoms with Crippen LogP contribution in [0.2, 0.25) is 0 Å². The normalized spacial score (nSPS) is 10.4. The maximum Gasteiger partial charge on any atom is 0.241 e. The zero-order chi connectivity index (χ0) is 15.2. The van der Waals surface area contributed by atoms with Crippen LogP contribution in [-0.2, 0) is 4.79 Å². The van der Waals surface area contributed by atoms with Crippen molar-refractivity contribution < 1.29 is 4.79 Å². The fourth-order valence-electron chi connectivity index (χ4n) is 2.05. The Morgan fingerprint density at radius 1 is 1.00 bits per heavy atom. The largest absolute Gasteiger partial charge is 0.280 e. The number of benzene rings is 2. The summed E-state index contributed by atoms with van der Waals surface area (Å²) in [5.41, 5.74) is 1.69. The van der Waals surface area contributed by atoms with Crippen LogP contribution in [0, 0.1) is 0 Å². The molecule has 22 heavy (non-hydrogen) atoms. The molecule has 0 unspecified atom stereocenters. The molecule has 0 bridgehead atoms. The van der Waals surface area contributed by atoms with Gasteiger partial charge < -0.3 is 0 Å². The van der Waals surface area contributed by atoms with Crippen molar-refractivity contribution in [1.29, 1.82) is 0 Å². The minimum absolute atomic E-state index is 0.00889. The number of anilines is 2. The van der Waals surface area contributed by atoms with E-state index in [2.05, 4.69) is 15.4 Å². The quantitative estimate of drug-likeness (QED) is 0.735. The van der Waals surface area contributed by atoms with E-state index in [1.807, 2.05) is 60.7 Å². The van der Waals surface area contributed by atoms with E-state index in [0.717, 1.165) is 11.4 Å². The Hall–Kier alpha value is -2.60. The summed E-state index contributed by atoms with van der Waals surface area (Å²) >= 11 is 1.36. The van der Waals surface area contributed by atoms with Crippen molar-refractivity contribution in [3.05, 3.63) is 66.9 Å². The minimum atomic E-state index is -0.00889. The standard InChI is InChI=1S/C16H14N4OS/c21-16(12-22-15-11-17-19-18-15)20(13-7-3-1-4-8-13)14-9-5-2-6-10-14/h1-11H,12H2,(H,17,18,19). The average Bonchev–Trinajstić information content (AvgIpc) is 3.09. The highest BCUT2D eigenvalue weighted by Gasteiger charge is 2.18. The number of hydrogen-bond donors (Lipinski definition) is 1. The van der Waals surface area contributed by atoms with E-state index in [0.29, 0.717) is 5.03 Å². The van der Waals surface area contributed by atoms with Crippen LogP contribution in [0.5, 0.6) is 0 Å². The molecule has 1 N–H and O–H groups in total. The van der Waals surface area contributed by atoms with Crippen LogP contribution in [0.3, 0.4) is 0 Å². The topological polar surface area (TPSA) is 61.9 Å². The Labute approximate surface area is 132 Å². The van der Waals surface area contributed by atoms with E-state index in [1.54, 1.807) is 11.1 Å². The third kappa shape index (κ3) is 3.35. The van der Waals surface area contributed by atoms with Gasteiger partial charge in [-0.15, -0.1) is 5.10 Å². The number of carbonyl (C=O) groups excluding carboxylic acids is 1. The van der Waals surface area contributed by atoms with Gasteiger partial charge in [-0.2, -0.15) is 10.3 Å². The van der Waals surface area contributed by atoms with E-state index in [9.17, 15) is 4.79 Å². The van der Waals surface area contributed by atoms with Crippen LogP contribution in [0.1, 0.15) is 0 Å². The molecule has 0 fully saturated rings. The maximum atomic E-state index is 12.7. The number of aromatic amines is 1. The van der Waals surface area contributed by atoms with Crippen molar-refractivity contribution in [2.45, 2.75) is 5.03 Å². The molecule has 0 aliphatic carbocycles. The van der Waals surface area contributed by atoms with Crippen molar-refractivity contribution in [1.82, 2.24) is 15.4 Å². The molecule has 1 heterocycles. The van der Waals surface area contributed by atoms with Crippen molar-refractivity contribution in [2.75, 3.05) is 10.7 Å². The van der Waals surface area contributed by atoms with Gasteiger partial charge >= 0.3 is 0 Å². The molecular weight excluding hydrogens is 296 g/mol. The van der Waals surface area contributed by atoms with Crippen molar-refractivity contribution >= 4 is 29.0 Å². The second kappa shape index (κ2) is 6.91. The fraction of sp³-hybridized carbons (Fsp3) is 0.0625. The first-order valence-corrected chi connectivity index (χ1v) is 7.75. The van der Waals surface area contributed by atoms with E-state index in [4.69, 9.17) is 0 Å². The molecule has 0 spiro atoms. The number of H-pyrrole nitrogens is 1. The highest BCUT2D eigenvalue weighted by Crippen LogP contribution is 2.26. The van der Waals surface area contributed by atoms with Crippen molar-refractivity contribution in [2.24, 2.45) is 0 Å². The Morgan fingerprint density at radius 2 is 1.59 bits per heavy atom. The summed E-state index contributed by atoms with van der Waals surface area (Å²) in [6.45, 7) is 0. The molecule has 0 saturated heterocycles. The lowest BCUT2D eigenvalue weighted by Crippen LogP contribution is -2.27. The fourth-order valence-corrected chi connectivity index (χ4v) is 2.69. The smallest absolute Gasteiger partial charge is 0.241 e. The van der Waals surface area contributed by atoms with Crippen LogP contribution >= 0.6 is 11.8 Å². The molecule has 0 atom stereocenters. The SMILES string of the molecule is O=C(CSc1cn[nH]n1)N(c1ccccc1)c1ccccc1. The first-order chi connectivity index (χ1) is 10.8. The molecule has 3 aromatic rings. The number of para-hydroxylation sites is 2. The van der Waals surface area contributed by atoms with Gasteiger partial charge in [0.2, 0.25) is 5.91 Å². The van der Waals surface area contributed by atoms with Crippen LogP contribution in [-0.4, -0.2) is 27.1 Å². The highest BCUT2D eigenvalue weighted by atomic mass is 32.2. The Kier molecular flexibility index (Phi) is 4.50. The summed E-state index contributed by atoms with van der Waals surface area (Å²) in [5, 5.41) is 10.9. The van der Waals surface area contributed by atoms with Gasteiger partial charge in [0, 0.05) is 11.4 Å². The monoisotopic (exact) mass is 310 g/mol. The lowest BCUT2D eigenvalue weighted by Gasteiger charge is -2.22. The summed E-state index contributed by atoms with van der Waals surface area (Å²) in [4.78, 5) is 14.4. The molecular formula is C16H14N4OS. The number of amides is 1. The van der Waals surface area contributed by atoms with E-state index in [1.165, 1.54) is 11.8 Å². The summed E-state index contributed by atoms with van der Waals surface area (Å²) in [7, 11) is 0. The molecule has 2 aromatic carbocycles. The molecule has 3 rings (SSSR count). The number of carbonyl (C=O) groups is 1. The predicted octanol–water partition coefficient (Wildman–Crippen LogP) is 3.26. The molecule has 0 aliphatic heterocycles. The first-order valence-electron chi connectivity index (χ1n) is 6.76. The number of rotatable bonds is 5. The summed E-state index contributed by atoms with van der Waals surface area (Å²) in [5.74, 6) is 0.279. The van der Waals surface area contributed by atoms with Gasteiger partial charge in [0.05, 0.1) is 11.9 Å². The number of aromatic nitrogens is 3. The lowest BCUT2D eigenvalue weighted by atomic mass is 10.2. The molecule has 0 saturated carbocycles. The van der Waals surface area contributed by atoms with Gasteiger partial charge in [0.25, 0.3) is 0 Å². The number of nitrogens with one attached hydrogen (secondary N) is 1. The molecule has 6 heteroatoms. The van der Waals surface area contributed by atoms with E-state index < -0.39 is 0 Å². The van der Waals surface area contributed by atoms with E-state index in [-0.39, 0.29) is 11.7 Å². The second-order valence-corrected chi connectivity index (χ2v) is 5.49. The van der Waals surface area contributed by atoms with Gasteiger partial charge in [-0.25, -0.2) is 0 Å². The highest BCUT2D eigenvalue weighted by molar-refractivity contribution is 7.99. The van der Waals surface area contributed by atoms with Crippen molar-refractivity contribution in [3.63, 3.8) is 0 Å². The third-order valence-electron chi connectivity index (χ3n) is 3.01. The zero-order valence-corrected chi connectivity index (χ0v) is 12.5. The molecule has 1 aromatic heterocycles. The minimum Gasteiger partial charge on any atom is -0.280 e. The molecule has 0 aliphatic rings. The molecule has 5 nitrogen and oxygen atoms in total. The lowest BCUT2D eigenvalue weighted by molar-refractivity contribution is -0.115. The van der Waals surface area contributed by atoms with Crippen LogP contribution in [0.15, 0.2) is 71.9 Å². The zero-order valence-electron chi connectivity index (χ0n) is 11.7. The third-order valence-corrected chi connectivity index (χ3v) is 3.90. The predicted molar refractivity (Wildman–Crippen MR) is 87.1 cm³/mol. The number of nitrogens with zero attached hydrogens (tertiary/aromatic N) is 3. The summed E-state index contributed by atoms with van der Waals surface area (Å²) < 4.78 is 0. The van der Waals surface area contributed by atoms with Gasteiger partial charge in [0.1, 0.15) is 5.03 Å². The Morgan fingerprint density at radius 3 is 2.09 bits per heavy atom. The maximum absolute atomic E-state index is 12.7. The van der Waals surface area contributed by atoms with Gasteiger partial charge in [0.15, 0.2) is 0 Å². The van der Waals surface area contributed by atoms with E-state index >= 15 is 0 Å².